The van der Waals surface area contributed by atoms with Crippen molar-refractivity contribution in [3.63, 3.8) is 0 Å². The number of benzene rings is 1. The fraction of sp³-hybridized carbons (Fsp3) is 0.0714. The van der Waals surface area contributed by atoms with Crippen LogP contribution in [0.5, 0.6) is 0 Å². The van der Waals surface area contributed by atoms with Gasteiger partial charge in [0.1, 0.15) is 10.1 Å². The van der Waals surface area contributed by atoms with Crippen LogP contribution in [0.25, 0.3) is 28.0 Å². The zero-order chi connectivity index (χ0) is 13.7. The average molecular weight is 329 g/mol. The molecule has 20 heavy (non-hydrogen) atoms. The van der Waals surface area contributed by atoms with Gasteiger partial charge in [0.15, 0.2) is 17.1 Å². The number of aromatic nitrogens is 4. The Kier molecular flexibility index (Phi) is 2.40. The second kappa shape index (κ2) is 4.14. The maximum atomic E-state index is 5.48. The summed E-state index contributed by atoms with van der Waals surface area (Å²) in [6.45, 7) is 1.84. The molecule has 0 N–H and O–H groups in total. The van der Waals surface area contributed by atoms with Gasteiger partial charge >= 0.3 is 0 Å². The molecule has 0 spiro atoms. The predicted molar refractivity (Wildman–Crippen MR) is 78.4 cm³/mol. The molecule has 0 fully saturated rings. The van der Waals surface area contributed by atoms with Crippen LogP contribution in [0.4, 0.5) is 0 Å². The molecule has 0 radical (unpaired) electrons. The molecule has 0 aliphatic carbocycles. The van der Waals surface area contributed by atoms with E-state index in [4.69, 9.17) is 4.42 Å². The quantitative estimate of drug-likeness (QED) is 0.535. The van der Waals surface area contributed by atoms with Gasteiger partial charge in [0.25, 0.3) is 0 Å². The van der Waals surface area contributed by atoms with E-state index in [9.17, 15) is 0 Å². The summed E-state index contributed by atoms with van der Waals surface area (Å²) in [5, 5.41) is 4.55. The van der Waals surface area contributed by atoms with E-state index in [1.165, 1.54) is 0 Å². The van der Waals surface area contributed by atoms with E-state index in [2.05, 4.69) is 31.0 Å². The lowest BCUT2D eigenvalue weighted by molar-refractivity contribution is 0.561. The molecular formula is C14H9BrN4O. The van der Waals surface area contributed by atoms with Crippen LogP contribution < -0.4 is 0 Å². The van der Waals surface area contributed by atoms with E-state index >= 15 is 0 Å². The largest absolute Gasteiger partial charge is 0.441 e. The minimum absolute atomic E-state index is 0.666. The number of hydrogen-bond acceptors (Lipinski definition) is 4. The minimum Gasteiger partial charge on any atom is -0.441 e. The number of hydrogen-bond donors (Lipinski definition) is 0. The lowest BCUT2D eigenvalue weighted by Crippen LogP contribution is -1.92. The normalized spacial score (nSPS) is 11.5. The van der Waals surface area contributed by atoms with E-state index in [0.717, 1.165) is 32.6 Å². The van der Waals surface area contributed by atoms with Crippen LogP contribution in [0.3, 0.4) is 0 Å². The first kappa shape index (κ1) is 11.6. The number of aryl methyl sites for hydroxylation is 1. The average Bonchev–Trinajstić information content (AvgIpc) is 2.97. The van der Waals surface area contributed by atoms with Crippen molar-refractivity contribution in [2.24, 2.45) is 0 Å². The van der Waals surface area contributed by atoms with Crippen molar-refractivity contribution in [1.29, 1.82) is 0 Å². The zero-order valence-electron chi connectivity index (χ0n) is 10.5. The van der Waals surface area contributed by atoms with E-state index in [1.807, 2.05) is 43.5 Å². The van der Waals surface area contributed by atoms with Gasteiger partial charge in [0.05, 0.1) is 11.9 Å². The minimum atomic E-state index is 0.666. The van der Waals surface area contributed by atoms with Gasteiger partial charge in [-0.3, -0.25) is 0 Å². The molecule has 4 rings (SSSR count). The van der Waals surface area contributed by atoms with E-state index in [0.29, 0.717) is 5.89 Å². The third kappa shape index (κ3) is 1.80. The molecule has 0 aliphatic rings. The van der Waals surface area contributed by atoms with Crippen molar-refractivity contribution < 1.29 is 4.42 Å². The van der Waals surface area contributed by atoms with Crippen LogP contribution in [0.1, 0.15) is 5.89 Å². The topological polar surface area (TPSA) is 56.2 Å². The third-order valence-electron chi connectivity index (χ3n) is 3.08. The van der Waals surface area contributed by atoms with Gasteiger partial charge in [-0.1, -0.05) is 0 Å². The Morgan fingerprint density at radius 3 is 2.95 bits per heavy atom. The Labute approximate surface area is 122 Å². The zero-order valence-corrected chi connectivity index (χ0v) is 12.1. The van der Waals surface area contributed by atoms with Gasteiger partial charge in [0.2, 0.25) is 0 Å². The van der Waals surface area contributed by atoms with Gasteiger partial charge < -0.3 is 4.42 Å². The predicted octanol–water partition coefficient (Wildman–Crippen LogP) is 3.61. The Morgan fingerprint density at radius 1 is 1.15 bits per heavy atom. The first-order valence-corrected chi connectivity index (χ1v) is 6.88. The molecule has 3 heterocycles. The van der Waals surface area contributed by atoms with Crippen LogP contribution >= 0.6 is 15.9 Å². The number of oxazole rings is 1. The van der Waals surface area contributed by atoms with Crippen LogP contribution in [0, 0.1) is 6.92 Å². The van der Waals surface area contributed by atoms with Crippen LogP contribution in [-0.2, 0) is 0 Å². The van der Waals surface area contributed by atoms with E-state index in [-0.39, 0.29) is 0 Å². The highest BCUT2D eigenvalue weighted by Gasteiger charge is 2.07. The van der Waals surface area contributed by atoms with Crippen LogP contribution in [0.2, 0.25) is 0 Å². The fourth-order valence-corrected chi connectivity index (χ4v) is 2.58. The smallest absolute Gasteiger partial charge is 0.192 e. The molecule has 0 saturated heterocycles. The standard InChI is InChI=1S/C14H9BrN4O/c1-8-16-11-6-9(2-4-12(11)20-8)10-3-5-14-17-13(15)7-19(14)18-10/h2-7H,1H3. The Hall–Kier alpha value is -2.21. The molecular weight excluding hydrogens is 320 g/mol. The highest BCUT2D eigenvalue weighted by molar-refractivity contribution is 9.10. The van der Waals surface area contributed by atoms with Crippen molar-refractivity contribution in [3.8, 4) is 11.3 Å². The highest BCUT2D eigenvalue weighted by atomic mass is 79.9. The Balaban J connectivity index is 1.90. The molecule has 3 aromatic heterocycles. The molecule has 6 heteroatoms. The van der Waals surface area contributed by atoms with Crippen molar-refractivity contribution in [1.82, 2.24) is 19.6 Å². The maximum Gasteiger partial charge on any atom is 0.192 e. The van der Waals surface area contributed by atoms with Crippen molar-refractivity contribution in [3.05, 3.63) is 47.0 Å². The summed E-state index contributed by atoms with van der Waals surface area (Å²) in [5.41, 5.74) is 4.30. The second-order valence-corrected chi connectivity index (χ2v) is 5.31. The second-order valence-electron chi connectivity index (χ2n) is 4.50. The molecule has 0 amide bonds. The van der Waals surface area contributed by atoms with Crippen LogP contribution in [-0.4, -0.2) is 19.6 Å². The summed E-state index contributed by atoms with van der Waals surface area (Å²) < 4.78 is 8.00. The third-order valence-corrected chi connectivity index (χ3v) is 3.46. The molecule has 5 nitrogen and oxygen atoms in total. The molecule has 0 bridgehead atoms. The summed E-state index contributed by atoms with van der Waals surface area (Å²) in [4.78, 5) is 8.64. The number of halogens is 1. The molecule has 4 aromatic rings. The molecule has 0 aliphatic heterocycles. The number of rotatable bonds is 1. The summed E-state index contributed by atoms with van der Waals surface area (Å²) in [6.07, 6.45) is 1.83. The van der Waals surface area contributed by atoms with Crippen molar-refractivity contribution in [2.75, 3.05) is 0 Å². The summed E-state index contributed by atoms with van der Waals surface area (Å²) in [7, 11) is 0. The maximum absolute atomic E-state index is 5.48. The molecule has 0 saturated carbocycles. The summed E-state index contributed by atoms with van der Waals surface area (Å²) in [5.74, 6) is 0.666. The first-order valence-electron chi connectivity index (χ1n) is 6.08. The Morgan fingerprint density at radius 2 is 2.05 bits per heavy atom. The van der Waals surface area contributed by atoms with Gasteiger partial charge in [-0.2, -0.15) is 5.10 Å². The van der Waals surface area contributed by atoms with Crippen molar-refractivity contribution >= 4 is 32.7 Å². The lowest BCUT2D eigenvalue weighted by Gasteiger charge is -2.01. The summed E-state index contributed by atoms with van der Waals surface area (Å²) in [6, 6.07) is 9.76. The van der Waals surface area contributed by atoms with Gasteiger partial charge in [-0.25, -0.2) is 14.5 Å². The summed E-state index contributed by atoms with van der Waals surface area (Å²) >= 11 is 3.35. The molecule has 98 valence electrons. The molecule has 0 atom stereocenters. The van der Waals surface area contributed by atoms with Gasteiger partial charge in [0, 0.05) is 12.5 Å². The van der Waals surface area contributed by atoms with Gasteiger partial charge in [-0.05, 0) is 46.3 Å². The molecule has 0 unspecified atom stereocenters. The van der Waals surface area contributed by atoms with E-state index < -0.39 is 0 Å². The van der Waals surface area contributed by atoms with Crippen LogP contribution in [0.15, 0.2) is 45.5 Å². The number of imidazole rings is 1. The lowest BCUT2D eigenvalue weighted by atomic mass is 10.1. The van der Waals surface area contributed by atoms with Crippen molar-refractivity contribution in [2.45, 2.75) is 6.92 Å². The number of nitrogens with zero attached hydrogens (tertiary/aromatic N) is 4. The fourth-order valence-electron chi connectivity index (χ4n) is 2.21. The number of fused-ring (bicyclic) bond motifs is 2. The molecule has 1 aromatic carbocycles. The Bertz CT molecular complexity index is 863. The van der Waals surface area contributed by atoms with E-state index in [1.54, 1.807) is 4.52 Å². The monoisotopic (exact) mass is 328 g/mol. The van der Waals surface area contributed by atoms with Gasteiger partial charge in [-0.15, -0.1) is 0 Å². The first-order chi connectivity index (χ1) is 9.69. The SMILES string of the molecule is Cc1nc2cc(-c3ccc4nc(Br)cn4n3)ccc2o1. The highest BCUT2D eigenvalue weighted by Crippen LogP contribution is 2.23.